The molecule has 0 bridgehead atoms. The number of hydrogen-bond acceptors (Lipinski definition) is 5. The van der Waals surface area contributed by atoms with Crippen molar-refractivity contribution in [1.82, 2.24) is 4.90 Å². The number of rotatable bonds is 5. The summed E-state index contributed by atoms with van der Waals surface area (Å²) in [7, 11) is 3.14. The number of benzene rings is 2. The van der Waals surface area contributed by atoms with Gasteiger partial charge in [-0.25, -0.2) is 4.90 Å². The molecule has 1 fully saturated rings. The van der Waals surface area contributed by atoms with Crippen LogP contribution in [0, 0.1) is 19.8 Å². The molecule has 2 aromatic carbocycles. The maximum absolute atomic E-state index is 13.8. The molecular formula is C26H30N2O4. The summed E-state index contributed by atoms with van der Waals surface area (Å²) in [6.07, 6.45) is 2.12. The lowest BCUT2D eigenvalue weighted by atomic mass is 9.97. The zero-order chi connectivity index (χ0) is 23.0. The van der Waals surface area contributed by atoms with E-state index in [9.17, 15) is 9.59 Å². The van der Waals surface area contributed by atoms with Crippen molar-refractivity contribution in [3.05, 3.63) is 58.8 Å². The van der Waals surface area contributed by atoms with Gasteiger partial charge in [0, 0.05) is 13.1 Å². The normalized spacial score (nSPS) is 19.1. The third-order valence-corrected chi connectivity index (χ3v) is 6.52. The van der Waals surface area contributed by atoms with Gasteiger partial charge in [-0.15, -0.1) is 0 Å². The Morgan fingerprint density at radius 3 is 2.41 bits per heavy atom. The molecule has 168 valence electrons. The lowest BCUT2D eigenvalue weighted by Crippen LogP contribution is -2.39. The van der Waals surface area contributed by atoms with Crippen molar-refractivity contribution in [1.29, 1.82) is 0 Å². The number of nitrogens with zero attached hydrogens (tertiary/aromatic N) is 2. The first kappa shape index (κ1) is 21.9. The molecule has 0 aliphatic carbocycles. The van der Waals surface area contributed by atoms with Crippen molar-refractivity contribution in [2.45, 2.75) is 33.6 Å². The van der Waals surface area contributed by atoms with Crippen molar-refractivity contribution >= 4 is 23.1 Å². The zero-order valence-corrected chi connectivity index (χ0v) is 19.4. The predicted molar refractivity (Wildman–Crippen MR) is 125 cm³/mol. The number of likely N-dealkylation sites (tertiary alicyclic amines) is 1. The number of methoxy groups -OCH3 is 2. The highest BCUT2D eigenvalue weighted by atomic mass is 16.5. The van der Waals surface area contributed by atoms with E-state index in [1.807, 2.05) is 38.1 Å². The van der Waals surface area contributed by atoms with Crippen molar-refractivity contribution in [3.63, 3.8) is 0 Å². The summed E-state index contributed by atoms with van der Waals surface area (Å²) < 4.78 is 10.8. The van der Waals surface area contributed by atoms with E-state index in [2.05, 4.69) is 11.8 Å². The molecule has 2 aromatic rings. The highest BCUT2D eigenvalue weighted by molar-refractivity contribution is 6.45. The van der Waals surface area contributed by atoms with Crippen LogP contribution in [0.3, 0.4) is 0 Å². The minimum Gasteiger partial charge on any atom is -0.493 e. The minimum absolute atomic E-state index is 0.261. The van der Waals surface area contributed by atoms with E-state index in [1.54, 1.807) is 26.4 Å². The minimum atomic E-state index is -0.302. The molecule has 0 N–H and O–H groups in total. The first-order chi connectivity index (χ1) is 15.4. The summed E-state index contributed by atoms with van der Waals surface area (Å²) in [4.78, 5) is 31.0. The van der Waals surface area contributed by atoms with Crippen LogP contribution in [0.2, 0.25) is 0 Å². The third kappa shape index (κ3) is 3.64. The second-order valence-electron chi connectivity index (χ2n) is 8.65. The molecule has 1 atom stereocenters. The standard InChI is InChI=1S/C26H30N2O4/c1-16-8-7-13-27(15-16)24-23(19-11-12-21(31-4)22(14-19)32-5)25(29)28(26(24)30)20-10-6-9-17(2)18(20)3/h6,9-12,14,16H,7-8,13,15H2,1-5H3. The Morgan fingerprint density at radius 1 is 0.969 bits per heavy atom. The Labute approximate surface area is 189 Å². The van der Waals surface area contributed by atoms with Crippen LogP contribution < -0.4 is 14.4 Å². The van der Waals surface area contributed by atoms with E-state index in [4.69, 9.17) is 9.47 Å². The Balaban J connectivity index is 1.88. The number of hydrogen-bond donors (Lipinski definition) is 0. The van der Waals surface area contributed by atoms with Crippen LogP contribution in [0.1, 0.15) is 36.5 Å². The smallest absolute Gasteiger partial charge is 0.282 e. The molecule has 2 aliphatic heterocycles. The lowest BCUT2D eigenvalue weighted by molar-refractivity contribution is -0.120. The number of ether oxygens (including phenoxy) is 2. The van der Waals surface area contributed by atoms with Gasteiger partial charge in [0.25, 0.3) is 11.8 Å². The summed E-state index contributed by atoms with van der Waals surface area (Å²) in [6, 6.07) is 11.1. The number of anilines is 1. The molecule has 32 heavy (non-hydrogen) atoms. The van der Waals surface area contributed by atoms with E-state index < -0.39 is 0 Å². The Kier molecular flexibility index (Phi) is 5.96. The van der Waals surface area contributed by atoms with Crippen LogP contribution >= 0.6 is 0 Å². The van der Waals surface area contributed by atoms with Gasteiger partial charge in [0.2, 0.25) is 0 Å². The van der Waals surface area contributed by atoms with Crippen molar-refractivity contribution in [3.8, 4) is 11.5 Å². The molecule has 2 amide bonds. The number of carbonyl (C=O) groups excluding carboxylic acids is 2. The van der Waals surface area contributed by atoms with Crippen molar-refractivity contribution in [2.24, 2.45) is 5.92 Å². The van der Waals surface area contributed by atoms with Crippen molar-refractivity contribution < 1.29 is 19.1 Å². The monoisotopic (exact) mass is 434 g/mol. The van der Waals surface area contributed by atoms with Gasteiger partial charge >= 0.3 is 0 Å². The lowest BCUT2D eigenvalue weighted by Gasteiger charge is -2.33. The predicted octanol–water partition coefficient (Wildman–Crippen LogP) is 4.34. The van der Waals surface area contributed by atoms with Gasteiger partial charge in [-0.3, -0.25) is 9.59 Å². The van der Waals surface area contributed by atoms with Gasteiger partial charge in [-0.1, -0.05) is 25.1 Å². The Bertz CT molecular complexity index is 1110. The molecule has 0 aromatic heterocycles. The Morgan fingerprint density at radius 2 is 1.72 bits per heavy atom. The summed E-state index contributed by atoms with van der Waals surface area (Å²) in [5, 5.41) is 0. The van der Waals surface area contributed by atoms with E-state index >= 15 is 0 Å². The van der Waals surface area contributed by atoms with Crippen LogP contribution in [0.15, 0.2) is 42.1 Å². The summed E-state index contributed by atoms with van der Waals surface area (Å²) in [5.41, 5.74) is 4.16. The molecule has 0 saturated carbocycles. The second-order valence-corrected chi connectivity index (χ2v) is 8.65. The van der Waals surface area contributed by atoms with Gasteiger partial charge in [0.15, 0.2) is 11.5 Å². The average Bonchev–Trinajstić information content (AvgIpc) is 3.05. The number of amides is 2. The highest BCUT2D eigenvalue weighted by Gasteiger charge is 2.43. The SMILES string of the molecule is COc1ccc(C2=C(N3CCCC(C)C3)C(=O)N(c3cccc(C)c3C)C2=O)cc1OC. The van der Waals surface area contributed by atoms with Crippen LogP contribution in [-0.4, -0.2) is 44.0 Å². The largest absolute Gasteiger partial charge is 0.493 e. The molecule has 1 saturated heterocycles. The van der Waals surface area contributed by atoms with Crippen LogP contribution in [0.25, 0.3) is 5.57 Å². The fourth-order valence-electron chi connectivity index (χ4n) is 4.65. The van der Waals surface area contributed by atoms with Gasteiger partial charge < -0.3 is 14.4 Å². The fraction of sp³-hybridized carbons (Fsp3) is 0.385. The van der Waals surface area contributed by atoms with Gasteiger partial charge in [-0.05, 0) is 67.5 Å². The molecule has 0 spiro atoms. The third-order valence-electron chi connectivity index (χ3n) is 6.52. The van der Waals surface area contributed by atoms with E-state index in [1.165, 1.54) is 4.90 Å². The number of imide groups is 1. The first-order valence-corrected chi connectivity index (χ1v) is 11.0. The molecule has 2 aliphatic rings. The first-order valence-electron chi connectivity index (χ1n) is 11.0. The van der Waals surface area contributed by atoms with Gasteiger partial charge in [0.1, 0.15) is 5.70 Å². The molecule has 1 unspecified atom stereocenters. The summed E-state index contributed by atoms with van der Waals surface area (Å²) in [5.74, 6) is 0.995. The van der Waals surface area contributed by atoms with Gasteiger partial charge in [0.05, 0.1) is 25.5 Å². The molecular weight excluding hydrogens is 404 g/mol. The molecule has 4 rings (SSSR count). The topological polar surface area (TPSA) is 59.1 Å². The number of piperidine rings is 1. The van der Waals surface area contributed by atoms with Gasteiger partial charge in [-0.2, -0.15) is 0 Å². The number of aryl methyl sites for hydroxylation is 1. The van der Waals surface area contributed by atoms with E-state index in [0.29, 0.717) is 39.9 Å². The number of carbonyl (C=O) groups is 2. The second kappa shape index (κ2) is 8.69. The fourth-order valence-corrected chi connectivity index (χ4v) is 4.65. The summed E-state index contributed by atoms with van der Waals surface area (Å²) >= 11 is 0. The molecule has 6 nitrogen and oxygen atoms in total. The van der Waals surface area contributed by atoms with E-state index in [-0.39, 0.29) is 11.8 Å². The molecule has 0 radical (unpaired) electrons. The Hall–Kier alpha value is -3.28. The average molecular weight is 435 g/mol. The van der Waals surface area contributed by atoms with Crippen LogP contribution in [0.4, 0.5) is 5.69 Å². The quantitative estimate of drug-likeness (QED) is 0.656. The maximum Gasteiger partial charge on any atom is 0.282 e. The summed E-state index contributed by atoms with van der Waals surface area (Å²) in [6.45, 7) is 7.64. The van der Waals surface area contributed by atoms with Crippen molar-refractivity contribution in [2.75, 3.05) is 32.2 Å². The highest BCUT2D eigenvalue weighted by Crippen LogP contribution is 2.40. The van der Waals surface area contributed by atoms with Crippen LogP contribution in [-0.2, 0) is 9.59 Å². The maximum atomic E-state index is 13.8. The molecule has 2 heterocycles. The van der Waals surface area contributed by atoms with E-state index in [0.717, 1.165) is 37.1 Å². The zero-order valence-electron chi connectivity index (χ0n) is 19.4. The molecule has 6 heteroatoms. The van der Waals surface area contributed by atoms with Crippen LogP contribution in [0.5, 0.6) is 11.5 Å².